The fourth-order valence-corrected chi connectivity index (χ4v) is 4.93. The van der Waals surface area contributed by atoms with Crippen LogP contribution < -0.4 is 0 Å². The van der Waals surface area contributed by atoms with E-state index in [9.17, 15) is 9.59 Å². The van der Waals surface area contributed by atoms with Gasteiger partial charge < -0.3 is 9.47 Å². The maximum Gasteiger partial charge on any atom is 0.311 e. The third kappa shape index (κ3) is 2.55. The number of esters is 2. The molecule has 0 aliphatic heterocycles. The fourth-order valence-electron chi connectivity index (χ4n) is 4.93. The van der Waals surface area contributed by atoms with E-state index in [-0.39, 0.29) is 24.1 Å². The van der Waals surface area contributed by atoms with Crippen molar-refractivity contribution >= 4 is 11.9 Å². The van der Waals surface area contributed by atoms with Crippen LogP contribution in [-0.4, -0.2) is 24.1 Å². The first-order valence-corrected chi connectivity index (χ1v) is 8.71. The summed E-state index contributed by atoms with van der Waals surface area (Å²) < 4.78 is 11.4. The number of fused-ring (bicyclic) bond motifs is 5. The van der Waals surface area contributed by atoms with E-state index in [4.69, 9.17) is 9.47 Å². The molecule has 0 N–H and O–H groups in total. The molecule has 0 amide bonds. The van der Waals surface area contributed by atoms with E-state index in [0.717, 1.165) is 32.1 Å². The molecule has 0 heterocycles. The minimum atomic E-state index is -0.393. The van der Waals surface area contributed by atoms with Crippen LogP contribution in [0.1, 0.15) is 59.8 Å². The summed E-state index contributed by atoms with van der Waals surface area (Å²) in [5.41, 5.74) is -0.393. The van der Waals surface area contributed by atoms with Crippen molar-refractivity contribution in [2.24, 2.45) is 29.1 Å². The van der Waals surface area contributed by atoms with Gasteiger partial charge in [0.2, 0.25) is 0 Å². The number of hydrogen-bond acceptors (Lipinski definition) is 4. The Hall–Kier alpha value is -1.06. The van der Waals surface area contributed by atoms with Crippen LogP contribution in [0.25, 0.3) is 0 Å². The summed E-state index contributed by atoms with van der Waals surface area (Å²) in [6.45, 7) is 7.44. The molecule has 0 aromatic carbocycles. The molecular formula is C18H28O4. The zero-order valence-electron chi connectivity index (χ0n) is 14.1. The van der Waals surface area contributed by atoms with Gasteiger partial charge in [-0.25, -0.2) is 0 Å². The van der Waals surface area contributed by atoms with Crippen molar-refractivity contribution in [1.82, 2.24) is 0 Å². The summed E-state index contributed by atoms with van der Waals surface area (Å²) >= 11 is 0. The smallest absolute Gasteiger partial charge is 0.311 e. The lowest BCUT2D eigenvalue weighted by molar-refractivity contribution is -0.163. The molecule has 124 valence electrons. The van der Waals surface area contributed by atoms with Gasteiger partial charge >= 0.3 is 11.9 Å². The minimum Gasteiger partial charge on any atom is -0.462 e. The number of hydrogen-bond donors (Lipinski definition) is 0. The Morgan fingerprint density at radius 1 is 1.05 bits per heavy atom. The lowest BCUT2D eigenvalue weighted by Crippen LogP contribution is -2.38. The minimum absolute atomic E-state index is 0.0556. The Balaban J connectivity index is 1.64. The van der Waals surface area contributed by atoms with E-state index >= 15 is 0 Å². The molecular weight excluding hydrogens is 280 g/mol. The van der Waals surface area contributed by atoms with Crippen LogP contribution in [0.2, 0.25) is 0 Å². The van der Waals surface area contributed by atoms with Crippen molar-refractivity contribution in [3.05, 3.63) is 0 Å². The molecule has 22 heavy (non-hydrogen) atoms. The molecule has 0 aromatic rings. The van der Waals surface area contributed by atoms with Crippen molar-refractivity contribution in [2.75, 3.05) is 0 Å². The molecule has 3 aliphatic rings. The fraction of sp³-hybridized carbons (Fsp3) is 0.889. The summed E-state index contributed by atoms with van der Waals surface area (Å²) in [6.07, 6.45) is 5.15. The third-order valence-corrected chi connectivity index (χ3v) is 6.40. The van der Waals surface area contributed by atoms with E-state index < -0.39 is 5.41 Å². The van der Waals surface area contributed by atoms with Gasteiger partial charge in [0.25, 0.3) is 0 Å². The van der Waals surface area contributed by atoms with E-state index in [2.05, 4.69) is 0 Å². The van der Waals surface area contributed by atoms with Crippen molar-refractivity contribution in [1.29, 1.82) is 0 Å². The topological polar surface area (TPSA) is 52.6 Å². The first-order valence-electron chi connectivity index (χ1n) is 8.71. The normalized spacial score (nSPS) is 39.6. The van der Waals surface area contributed by atoms with Gasteiger partial charge in [-0.1, -0.05) is 6.92 Å². The highest BCUT2D eigenvalue weighted by Crippen LogP contribution is 2.60. The molecule has 3 aliphatic carbocycles. The second kappa shape index (κ2) is 5.54. The van der Waals surface area contributed by atoms with E-state index in [1.54, 1.807) is 0 Å². The average molecular weight is 308 g/mol. The van der Waals surface area contributed by atoms with Crippen LogP contribution in [0.5, 0.6) is 0 Å². The molecule has 6 unspecified atom stereocenters. The second-order valence-corrected chi connectivity index (χ2v) is 8.04. The SMILES string of the molecule is CCC(C)(C)C(=O)OC1CCC2C3CC(CC3OC(C)=O)C12. The van der Waals surface area contributed by atoms with E-state index in [0.29, 0.717) is 23.7 Å². The third-order valence-electron chi connectivity index (χ3n) is 6.40. The Morgan fingerprint density at radius 3 is 2.41 bits per heavy atom. The number of carbonyl (C=O) groups excluding carboxylic acids is 2. The van der Waals surface area contributed by atoms with Crippen molar-refractivity contribution in [3.8, 4) is 0 Å². The quantitative estimate of drug-likeness (QED) is 0.748. The van der Waals surface area contributed by atoms with Gasteiger partial charge in [-0.15, -0.1) is 0 Å². The van der Waals surface area contributed by atoms with Gasteiger partial charge in [0.05, 0.1) is 5.41 Å². The van der Waals surface area contributed by atoms with E-state index in [1.807, 2.05) is 20.8 Å². The molecule has 3 fully saturated rings. The molecule has 6 atom stereocenters. The molecule has 0 spiro atoms. The lowest BCUT2D eigenvalue weighted by atomic mass is 9.79. The zero-order valence-corrected chi connectivity index (χ0v) is 14.1. The van der Waals surface area contributed by atoms with Crippen molar-refractivity contribution < 1.29 is 19.1 Å². The largest absolute Gasteiger partial charge is 0.462 e. The Morgan fingerprint density at radius 2 is 1.77 bits per heavy atom. The highest BCUT2D eigenvalue weighted by Gasteiger charge is 2.59. The van der Waals surface area contributed by atoms with Crippen molar-refractivity contribution in [2.45, 2.75) is 72.0 Å². The van der Waals surface area contributed by atoms with Crippen LogP contribution >= 0.6 is 0 Å². The number of ether oxygens (including phenoxy) is 2. The molecule has 3 saturated carbocycles. The molecule has 0 saturated heterocycles. The Labute approximate surface area is 132 Å². The molecule has 4 heteroatoms. The average Bonchev–Trinajstić information content (AvgIpc) is 3.10. The van der Waals surface area contributed by atoms with Gasteiger partial charge in [-0.2, -0.15) is 0 Å². The van der Waals surface area contributed by atoms with E-state index in [1.165, 1.54) is 6.92 Å². The van der Waals surface area contributed by atoms with Crippen LogP contribution in [0.3, 0.4) is 0 Å². The molecule has 0 aromatic heterocycles. The van der Waals surface area contributed by atoms with Crippen LogP contribution in [0.15, 0.2) is 0 Å². The first kappa shape index (κ1) is 15.8. The maximum absolute atomic E-state index is 12.4. The zero-order chi connectivity index (χ0) is 16.1. The standard InChI is InChI=1S/C18H28O4/c1-5-18(3,4)17(20)22-14-7-6-12-13-8-11(16(12)14)9-15(13)21-10(2)19/h11-16H,5-9H2,1-4H3. The molecule has 2 bridgehead atoms. The number of carbonyl (C=O) groups is 2. The van der Waals surface area contributed by atoms with Crippen molar-refractivity contribution in [3.63, 3.8) is 0 Å². The van der Waals surface area contributed by atoms with Gasteiger partial charge in [-0.05, 0) is 63.7 Å². The van der Waals surface area contributed by atoms with Gasteiger partial charge in [0.15, 0.2) is 0 Å². The predicted octanol–water partition coefficient (Wildman–Crippen LogP) is 3.33. The molecule has 0 radical (unpaired) electrons. The lowest BCUT2D eigenvalue weighted by Gasteiger charge is -2.34. The van der Waals surface area contributed by atoms with Crippen LogP contribution in [0, 0.1) is 29.1 Å². The van der Waals surface area contributed by atoms with Gasteiger partial charge in [0.1, 0.15) is 12.2 Å². The maximum atomic E-state index is 12.4. The number of rotatable bonds is 4. The highest BCUT2D eigenvalue weighted by atomic mass is 16.5. The summed E-state index contributed by atoms with van der Waals surface area (Å²) in [4.78, 5) is 23.6. The van der Waals surface area contributed by atoms with Gasteiger partial charge in [0, 0.05) is 12.8 Å². The first-order chi connectivity index (χ1) is 10.3. The van der Waals surface area contributed by atoms with Gasteiger partial charge in [-0.3, -0.25) is 9.59 Å². The Bertz CT molecular complexity index is 470. The summed E-state index contributed by atoms with van der Waals surface area (Å²) in [5, 5.41) is 0. The summed E-state index contributed by atoms with van der Waals surface area (Å²) in [7, 11) is 0. The highest BCUT2D eigenvalue weighted by molar-refractivity contribution is 5.76. The van der Waals surface area contributed by atoms with Crippen LogP contribution in [-0.2, 0) is 19.1 Å². The Kier molecular flexibility index (Phi) is 3.98. The molecule has 4 nitrogen and oxygen atoms in total. The monoisotopic (exact) mass is 308 g/mol. The second-order valence-electron chi connectivity index (χ2n) is 8.04. The predicted molar refractivity (Wildman–Crippen MR) is 81.9 cm³/mol. The summed E-state index contributed by atoms with van der Waals surface area (Å²) in [5.74, 6) is 1.89. The summed E-state index contributed by atoms with van der Waals surface area (Å²) in [6, 6.07) is 0. The molecule has 3 rings (SSSR count). The van der Waals surface area contributed by atoms with Crippen LogP contribution in [0.4, 0.5) is 0 Å².